The third kappa shape index (κ3) is 10.4. The quantitative estimate of drug-likeness (QED) is 0.639. The first-order chi connectivity index (χ1) is 5.83. The van der Waals surface area contributed by atoms with E-state index in [1.165, 1.54) is 0 Å². The zero-order valence-corrected chi connectivity index (χ0v) is 11.4. The maximum absolute atomic E-state index is 5.76. The van der Waals surface area contributed by atoms with E-state index in [1.54, 1.807) is 0 Å². The van der Waals surface area contributed by atoms with Crippen LogP contribution in [0.4, 0.5) is 0 Å². The third-order valence-electron chi connectivity index (χ3n) is 1.73. The molecule has 0 aromatic rings. The summed E-state index contributed by atoms with van der Waals surface area (Å²) in [6.07, 6.45) is 4.05. The molecule has 0 aromatic carbocycles. The molecule has 84 valence electrons. The van der Waals surface area contributed by atoms with E-state index in [2.05, 4.69) is 14.1 Å². The van der Waals surface area contributed by atoms with Gasteiger partial charge in [-0.15, -0.1) is 0 Å². The van der Waals surface area contributed by atoms with Crippen molar-refractivity contribution in [3.05, 3.63) is 22.2 Å². The van der Waals surface area contributed by atoms with Crippen LogP contribution in [0.2, 0.25) is 0 Å². The van der Waals surface area contributed by atoms with Crippen molar-refractivity contribution >= 4 is 23.2 Å². The van der Waals surface area contributed by atoms with Crippen molar-refractivity contribution in [3.8, 4) is 0 Å². The Morgan fingerprint density at radius 2 is 1.29 bits per heavy atom. The van der Waals surface area contributed by atoms with Crippen LogP contribution in [0.3, 0.4) is 0 Å². The first-order valence-electron chi connectivity index (χ1n) is 4.30. The third-order valence-corrected chi connectivity index (χ3v) is 2.04. The fourth-order valence-electron chi connectivity index (χ4n) is 0.820. The van der Waals surface area contributed by atoms with Crippen LogP contribution in [0.1, 0.15) is 13.8 Å². The van der Waals surface area contributed by atoms with Crippen LogP contribution in [0.5, 0.6) is 0 Å². The van der Waals surface area contributed by atoms with Gasteiger partial charge in [-0.25, -0.2) is 0 Å². The second kappa shape index (κ2) is 7.58. The van der Waals surface area contributed by atoms with Crippen molar-refractivity contribution in [2.75, 3.05) is 27.2 Å². The molecule has 0 spiro atoms. The van der Waals surface area contributed by atoms with Gasteiger partial charge in [-0.3, -0.25) is 0 Å². The Labute approximate surface area is 103 Å². The average Bonchev–Trinajstić information content (AvgIpc) is 1.98. The van der Waals surface area contributed by atoms with Gasteiger partial charge in [0.2, 0.25) is 0 Å². The highest BCUT2D eigenvalue weighted by Crippen LogP contribution is 2.06. The summed E-state index contributed by atoms with van der Waals surface area (Å²) in [5.41, 5.74) is 0. The molecule has 0 aliphatic heterocycles. The number of hydrogen-bond donors (Lipinski definition) is 0. The zero-order valence-electron chi connectivity index (χ0n) is 9.15. The summed E-state index contributed by atoms with van der Waals surface area (Å²) < 4.78 is 0.869. The first-order valence-corrected chi connectivity index (χ1v) is 5.05. The second-order valence-corrected chi connectivity index (χ2v) is 5.08. The summed E-state index contributed by atoms with van der Waals surface area (Å²) in [7, 11) is 4.29. The smallest absolute Gasteiger partial charge is 0.0986 e. The lowest BCUT2D eigenvalue weighted by atomic mass is 10.3. The topological polar surface area (TPSA) is 0 Å². The highest BCUT2D eigenvalue weighted by atomic mass is 35.5. The van der Waals surface area contributed by atoms with Crippen molar-refractivity contribution in [1.82, 2.24) is 0 Å². The van der Waals surface area contributed by atoms with E-state index in [0.717, 1.165) is 27.6 Å². The molecule has 0 atom stereocenters. The van der Waals surface area contributed by atoms with Crippen molar-refractivity contribution in [2.24, 2.45) is 0 Å². The van der Waals surface area contributed by atoms with Gasteiger partial charge >= 0.3 is 0 Å². The number of nitrogens with zero attached hydrogens (tertiary/aromatic N) is 1. The number of likely N-dealkylation sites (N-methyl/N-ethyl adjacent to an activating group) is 1. The van der Waals surface area contributed by atoms with E-state index in [4.69, 9.17) is 23.2 Å². The fourth-order valence-corrected chi connectivity index (χ4v) is 0.958. The minimum absolute atomic E-state index is 0. The highest BCUT2D eigenvalue weighted by Gasteiger charge is 2.10. The number of hydrogen-bond acceptors (Lipinski definition) is 0. The molecule has 1 nitrogen and oxygen atoms in total. The number of rotatable bonds is 4. The van der Waals surface area contributed by atoms with Crippen molar-refractivity contribution in [1.29, 1.82) is 0 Å². The van der Waals surface area contributed by atoms with Crippen LogP contribution in [0.25, 0.3) is 0 Å². The van der Waals surface area contributed by atoms with Gasteiger partial charge in [-0.2, -0.15) is 0 Å². The molecule has 0 amide bonds. The van der Waals surface area contributed by atoms with Crippen molar-refractivity contribution in [2.45, 2.75) is 13.8 Å². The Morgan fingerprint density at radius 1 is 1.00 bits per heavy atom. The predicted molar refractivity (Wildman–Crippen MR) is 61.1 cm³/mol. The van der Waals surface area contributed by atoms with Crippen molar-refractivity contribution in [3.63, 3.8) is 0 Å². The molecule has 0 bridgehead atoms. The van der Waals surface area contributed by atoms with Gasteiger partial charge in [0.05, 0.1) is 27.2 Å². The van der Waals surface area contributed by atoms with Gasteiger partial charge in [0.15, 0.2) is 0 Å². The largest absolute Gasteiger partial charge is 1.00 e. The Bertz CT molecular complexity index is 189. The standard InChI is InChI=1S/C10H18Cl2N.ClH/c1-9(11)5-7-13(3,4)8-6-10(2)12;/h5-6H,7-8H2,1-4H3;1H/q+1;/p-1. The maximum atomic E-state index is 5.76. The van der Waals surface area contributed by atoms with E-state index in [-0.39, 0.29) is 12.4 Å². The average molecular weight is 259 g/mol. The lowest BCUT2D eigenvalue weighted by molar-refractivity contribution is -0.878. The lowest BCUT2D eigenvalue weighted by Crippen LogP contribution is -3.00. The summed E-state index contributed by atoms with van der Waals surface area (Å²) in [6.45, 7) is 5.64. The minimum Gasteiger partial charge on any atom is -1.00 e. The van der Waals surface area contributed by atoms with Crippen molar-refractivity contribution < 1.29 is 16.9 Å². The number of allylic oxidation sites excluding steroid dienone is 2. The Hall–Kier alpha value is 0.310. The summed E-state index contributed by atoms with van der Waals surface area (Å²) in [5, 5.41) is 1.69. The molecule has 0 rings (SSSR count). The molecule has 0 N–H and O–H groups in total. The van der Waals surface area contributed by atoms with Gasteiger partial charge in [-0.05, 0) is 26.0 Å². The van der Waals surface area contributed by atoms with E-state index in [1.807, 2.05) is 26.0 Å². The van der Waals surface area contributed by atoms with Crippen LogP contribution in [-0.2, 0) is 0 Å². The van der Waals surface area contributed by atoms with Gasteiger partial charge in [0, 0.05) is 10.1 Å². The Morgan fingerprint density at radius 3 is 1.50 bits per heavy atom. The summed E-state index contributed by atoms with van der Waals surface area (Å²) in [5.74, 6) is 0. The minimum atomic E-state index is 0. The van der Waals surface area contributed by atoms with Crippen LogP contribution >= 0.6 is 23.2 Å². The molecule has 0 heterocycles. The molecule has 4 heteroatoms. The zero-order chi connectivity index (χ0) is 10.5. The fraction of sp³-hybridized carbons (Fsp3) is 0.600. The van der Waals surface area contributed by atoms with Gasteiger partial charge in [-0.1, -0.05) is 23.2 Å². The number of halogens is 3. The Kier molecular flexibility index (Phi) is 9.06. The molecule has 0 aliphatic rings. The second-order valence-electron chi connectivity index (χ2n) is 3.88. The molecule has 0 aromatic heterocycles. The van der Waals surface area contributed by atoms with Gasteiger partial charge in [0.1, 0.15) is 0 Å². The molecule has 0 fully saturated rings. The van der Waals surface area contributed by atoms with E-state index >= 15 is 0 Å². The summed E-state index contributed by atoms with van der Waals surface area (Å²) in [6, 6.07) is 0. The number of quaternary nitrogens is 1. The van der Waals surface area contributed by atoms with Gasteiger partial charge < -0.3 is 16.9 Å². The molecule has 14 heavy (non-hydrogen) atoms. The van der Waals surface area contributed by atoms with Crippen LogP contribution in [0.15, 0.2) is 22.2 Å². The predicted octanol–water partition coefficient (Wildman–Crippen LogP) is 0.352. The first kappa shape index (κ1) is 16.7. The van der Waals surface area contributed by atoms with E-state index < -0.39 is 0 Å². The maximum Gasteiger partial charge on any atom is 0.0986 e. The SMILES string of the molecule is CC(Cl)=CC[N+](C)(C)CC=C(C)Cl.[Cl-]. The van der Waals surface area contributed by atoms with Crippen LogP contribution in [0, 0.1) is 0 Å². The normalized spacial score (nSPS) is 13.9. The molecule has 0 aliphatic carbocycles. The molecule has 0 saturated heterocycles. The van der Waals surface area contributed by atoms with Gasteiger partial charge in [0.25, 0.3) is 0 Å². The lowest BCUT2D eigenvalue weighted by Gasteiger charge is -2.27. The molecule has 0 saturated carbocycles. The monoisotopic (exact) mass is 257 g/mol. The molecule has 0 radical (unpaired) electrons. The molecular weight excluding hydrogens is 240 g/mol. The molecule has 0 unspecified atom stereocenters. The van der Waals surface area contributed by atoms with E-state index in [0.29, 0.717) is 0 Å². The highest BCUT2D eigenvalue weighted by molar-refractivity contribution is 6.29. The summed E-state index contributed by atoms with van der Waals surface area (Å²) >= 11 is 11.5. The van der Waals surface area contributed by atoms with Crippen LogP contribution < -0.4 is 12.4 Å². The molecular formula is C10H18Cl3N. The van der Waals surface area contributed by atoms with Crippen LogP contribution in [-0.4, -0.2) is 31.7 Å². The Balaban J connectivity index is 0. The van der Waals surface area contributed by atoms with E-state index in [9.17, 15) is 0 Å². The summed E-state index contributed by atoms with van der Waals surface area (Å²) in [4.78, 5) is 0.